The molecular weight excluding hydrogens is 232 g/mol. The molecule has 0 saturated heterocycles. The smallest absolute Gasteiger partial charge is 0.353 e. The minimum absolute atomic E-state index is 1.95. The Morgan fingerprint density at radius 1 is 0.933 bits per heavy atom. The van der Waals surface area contributed by atoms with Crippen molar-refractivity contribution in [1.82, 2.24) is 0 Å². The minimum Gasteiger partial charge on any atom is -0.353 e. The summed E-state index contributed by atoms with van der Waals surface area (Å²) in [4.78, 5) is 15.0. The van der Waals surface area contributed by atoms with Crippen LogP contribution < -0.4 is 0 Å². The highest BCUT2D eigenvalue weighted by atomic mass is 19.3. The summed E-state index contributed by atoms with van der Waals surface area (Å²) < 4.78 is 51.8. The average molecular weight is 236 g/mol. The number of nitro groups is 2. The van der Waals surface area contributed by atoms with Gasteiger partial charge >= 0.3 is 12.1 Å². The zero-order valence-corrected chi connectivity index (χ0v) is 6.86. The van der Waals surface area contributed by atoms with Crippen molar-refractivity contribution in [2.24, 2.45) is 0 Å². The second-order valence-electron chi connectivity index (χ2n) is 2.34. The van der Waals surface area contributed by atoms with Crippen LogP contribution in [-0.2, 0) is 4.74 Å². The van der Waals surface area contributed by atoms with Crippen LogP contribution in [-0.4, -0.2) is 35.2 Å². The van der Waals surface area contributed by atoms with Gasteiger partial charge in [0.1, 0.15) is 0 Å². The van der Waals surface area contributed by atoms with Gasteiger partial charge < -0.3 is 4.74 Å². The third kappa shape index (κ3) is 4.01. The Bertz CT molecular complexity index is 244. The first-order chi connectivity index (χ1) is 6.59. The van der Waals surface area contributed by atoms with Crippen LogP contribution >= 0.6 is 0 Å². The Morgan fingerprint density at radius 3 is 1.40 bits per heavy atom. The summed E-state index contributed by atoms with van der Waals surface area (Å²) in [6.07, 6.45) is 0. The van der Waals surface area contributed by atoms with Crippen LogP contribution in [0.5, 0.6) is 0 Å². The fourth-order valence-electron chi connectivity index (χ4n) is 0.402. The summed E-state index contributed by atoms with van der Waals surface area (Å²) >= 11 is 0. The van der Waals surface area contributed by atoms with E-state index >= 15 is 0 Å². The molecule has 7 nitrogen and oxygen atoms in total. The van der Waals surface area contributed by atoms with E-state index in [0.29, 0.717) is 0 Å². The fraction of sp³-hybridized carbons (Fsp3) is 1.00. The van der Waals surface area contributed by atoms with Crippen LogP contribution in [0.1, 0.15) is 0 Å². The molecule has 0 fully saturated rings. The van der Waals surface area contributed by atoms with E-state index in [2.05, 4.69) is 4.74 Å². The zero-order chi connectivity index (χ0) is 12.3. The van der Waals surface area contributed by atoms with Gasteiger partial charge in [0.25, 0.3) is 0 Å². The van der Waals surface area contributed by atoms with Crippen LogP contribution in [0.3, 0.4) is 0 Å². The molecule has 0 spiro atoms. The van der Waals surface area contributed by atoms with Crippen molar-refractivity contribution in [3.63, 3.8) is 0 Å². The van der Waals surface area contributed by atoms with E-state index in [9.17, 15) is 37.8 Å². The first-order valence-electron chi connectivity index (χ1n) is 3.22. The van der Waals surface area contributed by atoms with Gasteiger partial charge in [0.2, 0.25) is 0 Å². The molecule has 0 rings (SSSR count). The molecule has 0 aromatic rings. The fourth-order valence-corrected chi connectivity index (χ4v) is 0.402. The molecule has 0 amide bonds. The number of hydrogen-bond acceptors (Lipinski definition) is 5. The number of hydrogen-bond donors (Lipinski definition) is 0. The first kappa shape index (κ1) is 13.5. The summed E-state index contributed by atoms with van der Waals surface area (Å²) in [5.41, 5.74) is 0. The maximum absolute atomic E-state index is 12.1. The molecule has 0 aliphatic heterocycles. The van der Waals surface area contributed by atoms with Gasteiger partial charge in [-0.3, -0.25) is 20.2 Å². The Kier molecular flexibility index (Phi) is 3.90. The molecular formula is C4H4F4N2O5. The number of nitrogens with zero attached hydrogens (tertiary/aromatic N) is 2. The highest BCUT2D eigenvalue weighted by Crippen LogP contribution is 2.18. The van der Waals surface area contributed by atoms with Crippen molar-refractivity contribution in [3.05, 3.63) is 20.2 Å². The van der Waals surface area contributed by atoms with Gasteiger partial charge in [-0.2, -0.15) is 0 Å². The predicted molar refractivity (Wildman–Crippen MR) is 34.7 cm³/mol. The van der Waals surface area contributed by atoms with Gasteiger partial charge in [-0.25, -0.2) is 0 Å². The zero-order valence-electron chi connectivity index (χ0n) is 6.86. The highest BCUT2D eigenvalue weighted by Gasteiger charge is 2.49. The molecule has 0 radical (unpaired) electrons. The van der Waals surface area contributed by atoms with E-state index in [1.54, 1.807) is 0 Å². The maximum Gasteiger partial charge on any atom is 0.534 e. The molecule has 0 unspecified atom stereocenters. The largest absolute Gasteiger partial charge is 0.534 e. The quantitative estimate of drug-likeness (QED) is 0.293. The van der Waals surface area contributed by atoms with Gasteiger partial charge in [0.05, 0.1) is 9.85 Å². The van der Waals surface area contributed by atoms with Gasteiger partial charge in [0.15, 0.2) is 13.2 Å². The summed E-state index contributed by atoms with van der Waals surface area (Å²) in [6, 6.07) is -9.10. The van der Waals surface area contributed by atoms with E-state index < -0.39 is 35.2 Å². The Labute approximate surface area is 78.9 Å². The molecule has 0 aromatic carbocycles. The Hall–Kier alpha value is -1.52. The number of alkyl halides is 4. The van der Waals surface area contributed by atoms with Crippen molar-refractivity contribution in [3.8, 4) is 0 Å². The topological polar surface area (TPSA) is 95.5 Å². The normalized spacial score (nSPS) is 12.5. The molecule has 0 bridgehead atoms. The number of rotatable bonds is 6. The van der Waals surface area contributed by atoms with E-state index in [1.807, 2.05) is 0 Å². The molecule has 0 aliphatic carbocycles. The lowest BCUT2D eigenvalue weighted by Crippen LogP contribution is -2.38. The first-order valence-corrected chi connectivity index (χ1v) is 3.22. The second kappa shape index (κ2) is 4.33. The van der Waals surface area contributed by atoms with Gasteiger partial charge in [0, 0.05) is 0 Å². The standard InChI is InChI=1S/C4H4F4N2O5/c5-3(6,9(11)12)1-15-2-4(7,8)10(13)14/h1-2H2. The van der Waals surface area contributed by atoms with Gasteiger partial charge in [-0.15, -0.1) is 17.6 Å². The number of halogens is 4. The summed E-state index contributed by atoms with van der Waals surface area (Å²) in [6.45, 7) is -3.91. The van der Waals surface area contributed by atoms with Crippen LogP contribution in [0, 0.1) is 20.2 Å². The lowest BCUT2D eigenvalue weighted by Gasteiger charge is -2.09. The lowest BCUT2D eigenvalue weighted by atomic mass is 10.5. The Balaban J connectivity index is 4.11. The van der Waals surface area contributed by atoms with E-state index in [4.69, 9.17) is 0 Å². The molecule has 0 saturated carbocycles. The van der Waals surface area contributed by atoms with E-state index in [1.165, 1.54) is 0 Å². The Morgan fingerprint density at radius 2 is 1.20 bits per heavy atom. The average Bonchev–Trinajstić information content (AvgIpc) is 2.02. The van der Waals surface area contributed by atoms with Crippen molar-refractivity contribution < 1.29 is 32.1 Å². The molecule has 0 N–H and O–H groups in total. The SMILES string of the molecule is O=[N+]([O-])C(F)(F)COCC(F)(F)[N+](=O)[O-]. The number of ether oxygens (including phenoxy) is 1. The van der Waals surface area contributed by atoms with Gasteiger partial charge in [-0.05, 0) is 0 Å². The van der Waals surface area contributed by atoms with Crippen LogP contribution in [0.4, 0.5) is 17.6 Å². The maximum atomic E-state index is 12.1. The minimum atomic E-state index is -4.55. The predicted octanol–water partition coefficient (Wildman–Crippen LogP) is 0.742. The van der Waals surface area contributed by atoms with Gasteiger partial charge in [-0.1, -0.05) is 0 Å². The third-order valence-corrected chi connectivity index (χ3v) is 1.09. The molecule has 0 heterocycles. The van der Waals surface area contributed by atoms with Crippen molar-refractivity contribution in [1.29, 1.82) is 0 Å². The highest BCUT2D eigenvalue weighted by molar-refractivity contribution is 4.52. The molecule has 88 valence electrons. The summed E-state index contributed by atoms with van der Waals surface area (Å²) in [5.74, 6) is 0. The van der Waals surface area contributed by atoms with E-state index in [-0.39, 0.29) is 0 Å². The monoisotopic (exact) mass is 236 g/mol. The second-order valence-corrected chi connectivity index (χ2v) is 2.34. The van der Waals surface area contributed by atoms with Crippen molar-refractivity contribution in [2.75, 3.05) is 13.2 Å². The summed E-state index contributed by atoms with van der Waals surface area (Å²) in [5, 5.41) is 19.1. The van der Waals surface area contributed by atoms with Crippen LogP contribution in [0.25, 0.3) is 0 Å². The van der Waals surface area contributed by atoms with Crippen LogP contribution in [0.15, 0.2) is 0 Å². The molecule has 0 atom stereocenters. The molecule has 15 heavy (non-hydrogen) atoms. The summed E-state index contributed by atoms with van der Waals surface area (Å²) in [7, 11) is 0. The van der Waals surface area contributed by atoms with E-state index in [0.717, 1.165) is 0 Å². The van der Waals surface area contributed by atoms with Crippen LogP contribution in [0.2, 0.25) is 0 Å². The molecule has 11 heteroatoms. The molecule has 0 aromatic heterocycles. The lowest BCUT2D eigenvalue weighted by molar-refractivity contribution is -0.660. The van der Waals surface area contributed by atoms with Crippen molar-refractivity contribution in [2.45, 2.75) is 12.1 Å². The third-order valence-electron chi connectivity index (χ3n) is 1.09. The molecule has 0 aliphatic rings. The van der Waals surface area contributed by atoms with Crippen molar-refractivity contribution >= 4 is 0 Å².